The molecule has 0 saturated carbocycles. The van der Waals surface area contributed by atoms with Crippen molar-refractivity contribution in [1.82, 2.24) is 0 Å². The smallest absolute Gasteiger partial charge is 0.341 e. The predicted octanol–water partition coefficient (Wildman–Crippen LogP) is 4.47. The highest BCUT2D eigenvalue weighted by molar-refractivity contribution is 7.17. The molecule has 1 amide bonds. The van der Waals surface area contributed by atoms with Crippen molar-refractivity contribution < 1.29 is 14.3 Å². The van der Waals surface area contributed by atoms with Gasteiger partial charge < -0.3 is 15.4 Å². The molecule has 3 rings (SSSR count). The first-order valence-corrected chi connectivity index (χ1v) is 10.2. The third-order valence-corrected chi connectivity index (χ3v) is 6.07. The number of carbonyl (C=O) groups excluding carboxylic acids is 2. The molecule has 6 heteroatoms. The molecule has 1 aliphatic carbocycles. The number of benzene rings is 1. The third kappa shape index (κ3) is 4.50. The summed E-state index contributed by atoms with van der Waals surface area (Å²) < 4.78 is 5.23. The van der Waals surface area contributed by atoms with Crippen molar-refractivity contribution >= 4 is 33.9 Å². The van der Waals surface area contributed by atoms with E-state index in [0.717, 1.165) is 36.9 Å². The van der Waals surface area contributed by atoms with Crippen LogP contribution in [0.3, 0.4) is 0 Å². The molecule has 1 aromatic carbocycles. The van der Waals surface area contributed by atoms with Gasteiger partial charge in [-0.15, -0.1) is 11.3 Å². The summed E-state index contributed by atoms with van der Waals surface area (Å²) in [6.07, 6.45) is 4.02. The summed E-state index contributed by atoms with van der Waals surface area (Å²) in [5, 5.41) is 6.68. The van der Waals surface area contributed by atoms with Crippen molar-refractivity contribution in [2.45, 2.75) is 46.5 Å². The summed E-state index contributed by atoms with van der Waals surface area (Å²) in [6, 6.07) is 6.02. The maximum Gasteiger partial charge on any atom is 0.341 e. The zero-order chi connectivity index (χ0) is 19.4. The Morgan fingerprint density at radius 3 is 2.67 bits per heavy atom. The topological polar surface area (TPSA) is 67.4 Å². The van der Waals surface area contributed by atoms with Gasteiger partial charge in [-0.1, -0.05) is 6.07 Å². The third-order valence-electron chi connectivity index (χ3n) is 4.86. The van der Waals surface area contributed by atoms with Crippen LogP contribution in [0.5, 0.6) is 0 Å². The van der Waals surface area contributed by atoms with Gasteiger partial charge in [-0.2, -0.15) is 0 Å². The lowest BCUT2D eigenvalue weighted by atomic mass is 9.95. The summed E-state index contributed by atoms with van der Waals surface area (Å²) in [5.41, 5.74) is 4.91. The lowest BCUT2D eigenvalue weighted by Gasteiger charge is -2.12. The van der Waals surface area contributed by atoms with Crippen LogP contribution in [0.25, 0.3) is 0 Å². The van der Waals surface area contributed by atoms with E-state index in [2.05, 4.69) is 17.6 Å². The highest BCUT2D eigenvalue weighted by Gasteiger charge is 2.27. The Morgan fingerprint density at radius 2 is 1.93 bits per heavy atom. The highest BCUT2D eigenvalue weighted by Crippen LogP contribution is 2.38. The molecule has 0 unspecified atom stereocenters. The minimum absolute atomic E-state index is 0.146. The van der Waals surface area contributed by atoms with Crippen LogP contribution in [-0.2, 0) is 22.4 Å². The van der Waals surface area contributed by atoms with E-state index in [-0.39, 0.29) is 18.4 Å². The molecule has 0 radical (unpaired) electrons. The van der Waals surface area contributed by atoms with E-state index in [1.165, 1.54) is 27.3 Å². The van der Waals surface area contributed by atoms with E-state index >= 15 is 0 Å². The second-order valence-corrected chi connectivity index (χ2v) is 7.94. The van der Waals surface area contributed by atoms with Gasteiger partial charge in [0.15, 0.2) is 0 Å². The molecule has 2 N–H and O–H groups in total. The van der Waals surface area contributed by atoms with Gasteiger partial charge in [0.25, 0.3) is 0 Å². The average Bonchev–Trinajstić information content (AvgIpc) is 3.00. The molecule has 2 aromatic rings. The Hall–Kier alpha value is -2.34. The number of hydrogen-bond donors (Lipinski definition) is 2. The number of nitrogens with one attached hydrogen (secondary N) is 2. The summed E-state index contributed by atoms with van der Waals surface area (Å²) in [6.45, 7) is 6.37. The first-order chi connectivity index (χ1) is 13.0. The normalized spacial score (nSPS) is 13.0. The van der Waals surface area contributed by atoms with Crippen LogP contribution in [-0.4, -0.2) is 25.0 Å². The fourth-order valence-electron chi connectivity index (χ4n) is 3.28. The Labute approximate surface area is 164 Å². The summed E-state index contributed by atoms with van der Waals surface area (Å²) in [7, 11) is 0. The van der Waals surface area contributed by atoms with Gasteiger partial charge in [0, 0.05) is 10.6 Å². The van der Waals surface area contributed by atoms with Gasteiger partial charge in [0.2, 0.25) is 5.91 Å². The Morgan fingerprint density at radius 1 is 1.15 bits per heavy atom. The van der Waals surface area contributed by atoms with E-state index in [0.29, 0.717) is 17.2 Å². The number of thiophene rings is 1. The molecule has 0 spiro atoms. The number of fused-ring (bicyclic) bond motifs is 1. The summed E-state index contributed by atoms with van der Waals surface area (Å²) in [5.74, 6) is -0.508. The van der Waals surface area contributed by atoms with Gasteiger partial charge in [-0.3, -0.25) is 4.79 Å². The van der Waals surface area contributed by atoms with E-state index < -0.39 is 0 Å². The van der Waals surface area contributed by atoms with Gasteiger partial charge >= 0.3 is 5.97 Å². The van der Waals surface area contributed by atoms with Crippen molar-refractivity contribution in [3.8, 4) is 0 Å². The number of anilines is 2. The minimum atomic E-state index is -0.339. The van der Waals surface area contributed by atoms with Crippen molar-refractivity contribution in [3.63, 3.8) is 0 Å². The molecule has 0 bridgehead atoms. The monoisotopic (exact) mass is 386 g/mol. The molecule has 0 fully saturated rings. The zero-order valence-electron chi connectivity index (χ0n) is 16.1. The lowest BCUT2D eigenvalue weighted by Crippen LogP contribution is -2.22. The first kappa shape index (κ1) is 19.4. The predicted molar refractivity (Wildman–Crippen MR) is 110 cm³/mol. The van der Waals surface area contributed by atoms with Crippen LogP contribution < -0.4 is 10.6 Å². The van der Waals surface area contributed by atoms with Crippen molar-refractivity contribution in [2.75, 3.05) is 23.8 Å². The fourth-order valence-corrected chi connectivity index (χ4v) is 4.57. The van der Waals surface area contributed by atoms with Gasteiger partial charge in [0.1, 0.15) is 5.00 Å². The largest absolute Gasteiger partial charge is 0.462 e. The minimum Gasteiger partial charge on any atom is -0.462 e. The van der Waals surface area contributed by atoms with Crippen LogP contribution in [0.4, 0.5) is 10.7 Å². The fraction of sp³-hybridized carbons (Fsp3) is 0.429. The lowest BCUT2D eigenvalue weighted by molar-refractivity contribution is -0.114. The maximum absolute atomic E-state index is 12.5. The molecule has 5 nitrogen and oxygen atoms in total. The SMILES string of the molecule is CCOC(=O)c1c(NC(=O)CNc2ccc(C)c(C)c2)sc2c1CCCC2. The molecule has 0 aliphatic heterocycles. The molecule has 144 valence electrons. The van der Waals surface area contributed by atoms with Gasteiger partial charge in [-0.25, -0.2) is 4.79 Å². The quantitative estimate of drug-likeness (QED) is 0.719. The Kier molecular flexibility index (Phi) is 6.16. The van der Waals surface area contributed by atoms with E-state index in [1.807, 2.05) is 25.1 Å². The molecular weight excluding hydrogens is 360 g/mol. The van der Waals surface area contributed by atoms with Crippen molar-refractivity contribution in [1.29, 1.82) is 0 Å². The number of carbonyl (C=O) groups is 2. The van der Waals surface area contributed by atoms with Crippen LogP contribution in [0, 0.1) is 13.8 Å². The van der Waals surface area contributed by atoms with Crippen LogP contribution in [0.1, 0.15) is 51.7 Å². The Bertz CT molecular complexity index is 857. The summed E-state index contributed by atoms with van der Waals surface area (Å²) in [4.78, 5) is 26.1. The standard InChI is InChI=1S/C21H26N2O3S/c1-4-26-21(25)19-16-7-5-6-8-17(16)27-20(19)23-18(24)12-22-15-10-9-13(2)14(3)11-15/h9-11,22H,4-8,12H2,1-3H3,(H,23,24). The van der Waals surface area contributed by atoms with E-state index in [4.69, 9.17) is 4.74 Å². The maximum atomic E-state index is 12.5. The first-order valence-electron chi connectivity index (χ1n) is 9.42. The number of hydrogen-bond acceptors (Lipinski definition) is 5. The van der Waals surface area contributed by atoms with Crippen LogP contribution in [0.2, 0.25) is 0 Å². The number of esters is 1. The molecule has 0 saturated heterocycles. The molecule has 27 heavy (non-hydrogen) atoms. The molecule has 1 heterocycles. The molecule has 0 atom stereocenters. The highest BCUT2D eigenvalue weighted by atomic mass is 32.1. The second kappa shape index (κ2) is 8.57. The molecule has 1 aromatic heterocycles. The van der Waals surface area contributed by atoms with Crippen molar-refractivity contribution in [2.24, 2.45) is 0 Å². The summed E-state index contributed by atoms with van der Waals surface area (Å²) >= 11 is 1.51. The van der Waals surface area contributed by atoms with Crippen molar-refractivity contribution in [3.05, 3.63) is 45.3 Å². The number of amides is 1. The van der Waals surface area contributed by atoms with Gasteiger partial charge in [-0.05, 0) is 75.3 Å². The Balaban J connectivity index is 1.72. The van der Waals surface area contributed by atoms with Crippen LogP contribution in [0.15, 0.2) is 18.2 Å². The molecule has 1 aliphatic rings. The van der Waals surface area contributed by atoms with Crippen LogP contribution >= 0.6 is 11.3 Å². The van der Waals surface area contributed by atoms with Gasteiger partial charge in [0.05, 0.1) is 18.7 Å². The van der Waals surface area contributed by atoms with E-state index in [1.54, 1.807) is 6.92 Å². The van der Waals surface area contributed by atoms with E-state index in [9.17, 15) is 9.59 Å². The second-order valence-electron chi connectivity index (χ2n) is 6.84. The number of rotatable bonds is 6. The number of ether oxygens (including phenoxy) is 1. The molecular formula is C21H26N2O3S. The zero-order valence-corrected chi connectivity index (χ0v) is 16.9. The number of aryl methyl sites for hydroxylation is 3. The average molecular weight is 387 g/mol.